The van der Waals surface area contributed by atoms with Crippen LogP contribution in [0.4, 0.5) is 0 Å². The summed E-state index contributed by atoms with van der Waals surface area (Å²) in [6, 6.07) is 0.447. The first-order chi connectivity index (χ1) is 8.72. The molecular weight excluding hydrogens is 228 g/mol. The minimum Gasteiger partial charge on any atom is -0.396 e. The molecule has 1 rings (SSSR count). The molecule has 18 heavy (non-hydrogen) atoms. The average Bonchev–Trinajstić information content (AvgIpc) is 2.43. The lowest BCUT2D eigenvalue weighted by atomic mass is 10.00. The summed E-state index contributed by atoms with van der Waals surface area (Å²) in [6.45, 7) is 7.55. The van der Waals surface area contributed by atoms with Gasteiger partial charge in [-0.25, -0.2) is 0 Å². The second kappa shape index (κ2) is 8.48. The van der Waals surface area contributed by atoms with E-state index in [4.69, 9.17) is 5.11 Å². The largest absolute Gasteiger partial charge is 0.396 e. The van der Waals surface area contributed by atoms with E-state index in [1.165, 1.54) is 6.42 Å². The molecule has 106 valence electrons. The highest BCUT2D eigenvalue weighted by Crippen LogP contribution is 2.19. The molecule has 1 saturated heterocycles. The van der Waals surface area contributed by atoms with Crippen LogP contribution < -0.4 is 0 Å². The van der Waals surface area contributed by atoms with Crippen molar-refractivity contribution >= 4 is 5.91 Å². The van der Waals surface area contributed by atoms with Crippen molar-refractivity contribution in [2.24, 2.45) is 0 Å². The maximum atomic E-state index is 12.3. The third-order valence-corrected chi connectivity index (χ3v) is 3.86. The van der Waals surface area contributed by atoms with E-state index in [1.54, 1.807) is 0 Å². The smallest absolute Gasteiger partial charge is 0.236 e. The topological polar surface area (TPSA) is 43.8 Å². The first kappa shape index (κ1) is 15.4. The van der Waals surface area contributed by atoms with Gasteiger partial charge in [0.05, 0.1) is 6.54 Å². The summed E-state index contributed by atoms with van der Waals surface area (Å²) in [5.41, 5.74) is 0. The Morgan fingerprint density at radius 2 is 2.17 bits per heavy atom. The van der Waals surface area contributed by atoms with Crippen LogP contribution in [0.3, 0.4) is 0 Å². The van der Waals surface area contributed by atoms with Gasteiger partial charge in [0.15, 0.2) is 0 Å². The normalized spacial score (nSPS) is 20.4. The molecule has 1 atom stereocenters. The molecule has 0 bridgehead atoms. The number of carbonyl (C=O) groups excluding carboxylic acids is 1. The van der Waals surface area contributed by atoms with Gasteiger partial charge in [-0.3, -0.25) is 9.69 Å². The SMILES string of the molecule is CCC1CCCCN1C(=O)CN(CC)CCCO. The molecule has 1 amide bonds. The molecule has 0 spiro atoms. The highest BCUT2D eigenvalue weighted by molar-refractivity contribution is 5.78. The Bertz CT molecular complexity index is 246. The molecule has 0 radical (unpaired) electrons. The Labute approximate surface area is 111 Å². The highest BCUT2D eigenvalue weighted by Gasteiger charge is 2.25. The number of likely N-dealkylation sites (N-methyl/N-ethyl adjacent to an activating group) is 1. The van der Waals surface area contributed by atoms with Gasteiger partial charge in [-0.15, -0.1) is 0 Å². The van der Waals surface area contributed by atoms with Crippen LogP contribution in [0.2, 0.25) is 0 Å². The van der Waals surface area contributed by atoms with Crippen molar-refractivity contribution in [1.82, 2.24) is 9.80 Å². The number of amides is 1. The molecular formula is C14H28N2O2. The number of piperidine rings is 1. The zero-order valence-corrected chi connectivity index (χ0v) is 11.9. The fourth-order valence-corrected chi connectivity index (χ4v) is 2.68. The molecule has 0 aliphatic carbocycles. The molecule has 1 unspecified atom stereocenters. The molecule has 0 aromatic heterocycles. The molecule has 1 aliphatic rings. The summed E-state index contributed by atoms with van der Waals surface area (Å²) in [5, 5.41) is 8.85. The second-order valence-electron chi connectivity index (χ2n) is 5.09. The van der Waals surface area contributed by atoms with Gasteiger partial charge in [0.25, 0.3) is 0 Å². The lowest BCUT2D eigenvalue weighted by Crippen LogP contribution is -2.48. The van der Waals surface area contributed by atoms with Crippen LogP contribution in [0.1, 0.15) is 46.0 Å². The van der Waals surface area contributed by atoms with Crippen LogP contribution in [-0.4, -0.2) is 59.6 Å². The van der Waals surface area contributed by atoms with Crippen molar-refractivity contribution < 1.29 is 9.90 Å². The van der Waals surface area contributed by atoms with E-state index >= 15 is 0 Å². The summed E-state index contributed by atoms with van der Waals surface area (Å²) in [6.07, 6.45) is 5.37. The van der Waals surface area contributed by atoms with Crippen molar-refractivity contribution in [2.75, 3.05) is 32.8 Å². The number of carbonyl (C=O) groups is 1. The average molecular weight is 256 g/mol. The lowest BCUT2D eigenvalue weighted by molar-refractivity contribution is -0.136. The van der Waals surface area contributed by atoms with Crippen molar-refractivity contribution in [3.05, 3.63) is 0 Å². The van der Waals surface area contributed by atoms with Gasteiger partial charge in [0, 0.05) is 25.7 Å². The first-order valence-electron chi connectivity index (χ1n) is 7.35. The quantitative estimate of drug-likeness (QED) is 0.750. The number of aliphatic hydroxyl groups excluding tert-OH is 1. The van der Waals surface area contributed by atoms with Crippen molar-refractivity contribution in [2.45, 2.75) is 52.0 Å². The van der Waals surface area contributed by atoms with Gasteiger partial charge in [0.2, 0.25) is 5.91 Å². The van der Waals surface area contributed by atoms with Gasteiger partial charge in [-0.05, 0) is 38.6 Å². The summed E-state index contributed by atoms with van der Waals surface area (Å²) in [7, 11) is 0. The van der Waals surface area contributed by atoms with Crippen molar-refractivity contribution in [3.8, 4) is 0 Å². The molecule has 1 heterocycles. The van der Waals surface area contributed by atoms with Crippen LogP contribution >= 0.6 is 0 Å². The summed E-state index contributed by atoms with van der Waals surface area (Å²) in [5.74, 6) is 0.265. The maximum absolute atomic E-state index is 12.3. The molecule has 4 heteroatoms. The molecule has 1 aliphatic heterocycles. The minimum absolute atomic E-state index is 0.200. The van der Waals surface area contributed by atoms with Crippen molar-refractivity contribution in [3.63, 3.8) is 0 Å². The Hall–Kier alpha value is -0.610. The number of hydrogen-bond acceptors (Lipinski definition) is 3. The molecule has 0 aromatic rings. The first-order valence-corrected chi connectivity index (χ1v) is 7.35. The highest BCUT2D eigenvalue weighted by atomic mass is 16.3. The molecule has 1 fully saturated rings. The Balaban J connectivity index is 2.45. The summed E-state index contributed by atoms with van der Waals surface area (Å²) >= 11 is 0. The number of likely N-dealkylation sites (tertiary alicyclic amines) is 1. The third kappa shape index (κ3) is 4.58. The zero-order valence-electron chi connectivity index (χ0n) is 11.9. The van der Waals surface area contributed by atoms with E-state index < -0.39 is 0 Å². The number of rotatable bonds is 7. The van der Waals surface area contributed by atoms with Gasteiger partial charge in [-0.2, -0.15) is 0 Å². The minimum atomic E-state index is 0.200. The lowest BCUT2D eigenvalue weighted by Gasteiger charge is -2.36. The van der Waals surface area contributed by atoms with Gasteiger partial charge >= 0.3 is 0 Å². The Morgan fingerprint density at radius 3 is 2.78 bits per heavy atom. The van der Waals surface area contributed by atoms with Gasteiger partial charge < -0.3 is 10.0 Å². The van der Waals surface area contributed by atoms with Crippen LogP contribution in [0.25, 0.3) is 0 Å². The summed E-state index contributed by atoms with van der Waals surface area (Å²) in [4.78, 5) is 16.5. The Morgan fingerprint density at radius 1 is 1.39 bits per heavy atom. The van der Waals surface area contributed by atoms with E-state index in [2.05, 4.69) is 23.6 Å². The predicted molar refractivity (Wildman–Crippen MR) is 73.5 cm³/mol. The fraction of sp³-hybridized carbons (Fsp3) is 0.929. The molecule has 0 saturated carbocycles. The molecule has 0 aromatic carbocycles. The van der Waals surface area contributed by atoms with Crippen molar-refractivity contribution in [1.29, 1.82) is 0 Å². The van der Waals surface area contributed by atoms with Gasteiger partial charge in [0.1, 0.15) is 0 Å². The number of aliphatic hydroxyl groups is 1. The standard InChI is InChI=1S/C14H28N2O2/c1-3-13-8-5-6-10-16(13)14(18)12-15(4-2)9-7-11-17/h13,17H,3-12H2,1-2H3. The van der Waals surface area contributed by atoms with Crippen LogP contribution in [0, 0.1) is 0 Å². The van der Waals surface area contributed by atoms with E-state index in [-0.39, 0.29) is 12.5 Å². The second-order valence-corrected chi connectivity index (χ2v) is 5.09. The number of nitrogens with zero attached hydrogens (tertiary/aromatic N) is 2. The van der Waals surface area contributed by atoms with E-state index in [0.29, 0.717) is 12.6 Å². The van der Waals surface area contributed by atoms with E-state index in [9.17, 15) is 4.79 Å². The summed E-state index contributed by atoms with van der Waals surface area (Å²) < 4.78 is 0. The maximum Gasteiger partial charge on any atom is 0.236 e. The Kier molecular flexibility index (Phi) is 7.28. The van der Waals surface area contributed by atoms with Crippen LogP contribution in [0.15, 0.2) is 0 Å². The monoisotopic (exact) mass is 256 g/mol. The molecule has 1 N–H and O–H groups in total. The van der Waals surface area contributed by atoms with Crippen LogP contribution in [-0.2, 0) is 4.79 Å². The predicted octanol–water partition coefficient (Wildman–Crippen LogP) is 1.48. The van der Waals surface area contributed by atoms with E-state index in [0.717, 1.165) is 45.3 Å². The van der Waals surface area contributed by atoms with Gasteiger partial charge in [-0.1, -0.05) is 13.8 Å². The third-order valence-electron chi connectivity index (χ3n) is 3.86. The fourth-order valence-electron chi connectivity index (χ4n) is 2.68. The molecule has 4 nitrogen and oxygen atoms in total. The van der Waals surface area contributed by atoms with E-state index in [1.807, 2.05) is 0 Å². The zero-order chi connectivity index (χ0) is 13.4. The van der Waals surface area contributed by atoms with Crippen LogP contribution in [0.5, 0.6) is 0 Å². The number of hydrogen-bond donors (Lipinski definition) is 1.